The maximum absolute atomic E-state index is 13.2. The lowest BCUT2D eigenvalue weighted by Crippen LogP contribution is -2.18. The van der Waals surface area contributed by atoms with Gasteiger partial charge in [-0.15, -0.1) is 0 Å². The highest BCUT2D eigenvalue weighted by Gasteiger charge is 2.15. The minimum Gasteiger partial charge on any atom is -0.494 e. The average molecular weight is 500 g/mol. The molecule has 0 aliphatic rings. The van der Waals surface area contributed by atoms with Gasteiger partial charge in [0.1, 0.15) is 5.75 Å². The Bertz CT molecular complexity index is 1390. The zero-order chi connectivity index (χ0) is 26.2. The van der Waals surface area contributed by atoms with E-state index in [-0.39, 0.29) is 5.91 Å². The van der Waals surface area contributed by atoms with Crippen molar-refractivity contribution in [2.45, 2.75) is 13.3 Å². The number of aromatic nitrogens is 1. The summed E-state index contributed by atoms with van der Waals surface area (Å²) in [6.07, 6.45) is 2.45. The summed E-state index contributed by atoms with van der Waals surface area (Å²) in [4.78, 5) is 18.0. The van der Waals surface area contributed by atoms with Crippen LogP contribution in [0, 0.1) is 0 Å². The lowest BCUT2D eigenvalue weighted by molar-refractivity contribution is 0.0956. The molecule has 1 aromatic heterocycles. The maximum Gasteiger partial charge on any atom is 0.272 e. The molecule has 0 fully saturated rings. The van der Waals surface area contributed by atoms with Crippen molar-refractivity contribution in [3.05, 3.63) is 77.9 Å². The van der Waals surface area contributed by atoms with Crippen molar-refractivity contribution in [3.63, 3.8) is 0 Å². The van der Waals surface area contributed by atoms with E-state index in [1.54, 1.807) is 18.2 Å². The van der Waals surface area contributed by atoms with Gasteiger partial charge in [0.25, 0.3) is 5.91 Å². The number of hydrogen-bond donors (Lipinski definition) is 1. The third-order valence-electron chi connectivity index (χ3n) is 5.65. The number of hydrazone groups is 1. The standard InChI is InChI=1S/C29H29N3O5/c1-5-14-37-21-12-10-20(11-13-21)25-17-23(22-8-6-7-9-24(22)31-25)29(33)32-30-18-19-15-26(34-2)28(36-4)27(16-19)35-3/h6-13,15-18H,5,14H2,1-4H3,(H,32,33). The van der Waals surface area contributed by atoms with Crippen LogP contribution in [0.5, 0.6) is 23.0 Å². The third kappa shape index (κ3) is 5.81. The molecule has 190 valence electrons. The summed E-state index contributed by atoms with van der Waals surface area (Å²) in [6.45, 7) is 2.73. The van der Waals surface area contributed by atoms with Crippen LogP contribution in [0.25, 0.3) is 22.2 Å². The van der Waals surface area contributed by atoms with E-state index in [0.29, 0.717) is 46.2 Å². The fourth-order valence-electron chi connectivity index (χ4n) is 3.85. The van der Waals surface area contributed by atoms with Gasteiger partial charge in [0.15, 0.2) is 11.5 Å². The van der Waals surface area contributed by atoms with Crippen LogP contribution >= 0.6 is 0 Å². The number of benzene rings is 3. The molecule has 0 bridgehead atoms. The first-order valence-electron chi connectivity index (χ1n) is 11.8. The summed E-state index contributed by atoms with van der Waals surface area (Å²) >= 11 is 0. The number of fused-ring (bicyclic) bond motifs is 1. The third-order valence-corrected chi connectivity index (χ3v) is 5.65. The predicted molar refractivity (Wildman–Crippen MR) is 144 cm³/mol. The number of nitrogens with one attached hydrogen (secondary N) is 1. The molecule has 1 heterocycles. The van der Waals surface area contributed by atoms with Crippen molar-refractivity contribution in [2.24, 2.45) is 5.10 Å². The number of ether oxygens (including phenoxy) is 4. The molecule has 1 amide bonds. The number of para-hydroxylation sites is 1. The van der Waals surface area contributed by atoms with Gasteiger partial charge < -0.3 is 18.9 Å². The van der Waals surface area contributed by atoms with Crippen LogP contribution < -0.4 is 24.4 Å². The van der Waals surface area contributed by atoms with Crippen molar-refractivity contribution in [1.29, 1.82) is 0 Å². The van der Waals surface area contributed by atoms with E-state index in [2.05, 4.69) is 17.5 Å². The number of rotatable bonds is 10. The van der Waals surface area contributed by atoms with Crippen LogP contribution in [-0.2, 0) is 0 Å². The van der Waals surface area contributed by atoms with Gasteiger partial charge in [-0.25, -0.2) is 10.4 Å². The minimum atomic E-state index is -0.355. The molecule has 0 aliphatic heterocycles. The Balaban J connectivity index is 1.61. The molecular formula is C29H29N3O5. The Labute approximate surface area is 215 Å². The second kappa shape index (κ2) is 11.9. The first-order valence-corrected chi connectivity index (χ1v) is 11.8. The monoisotopic (exact) mass is 499 g/mol. The molecule has 0 atom stereocenters. The van der Waals surface area contributed by atoms with Gasteiger partial charge in [0.05, 0.1) is 50.9 Å². The van der Waals surface area contributed by atoms with Crippen LogP contribution in [0.1, 0.15) is 29.3 Å². The largest absolute Gasteiger partial charge is 0.494 e. The smallest absolute Gasteiger partial charge is 0.272 e. The van der Waals surface area contributed by atoms with Gasteiger partial charge in [-0.2, -0.15) is 5.10 Å². The highest BCUT2D eigenvalue weighted by molar-refractivity contribution is 6.07. The molecule has 8 nitrogen and oxygen atoms in total. The first-order chi connectivity index (χ1) is 18.1. The normalized spacial score (nSPS) is 10.9. The second-order valence-electron chi connectivity index (χ2n) is 8.10. The van der Waals surface area contributed by atoms with Crippen molar-refractivity contribution < 1.29 is 23.7 Å². The highest BCUT2D eigenvalue weighted by Crippen LogP contribution is 2.37. The maximum atomic E-state index is 13.2. The Kier molecular flexibility index (Phi) is 8.20. The molecule has 3 aromatic carbocycles. The quantitative estimate of drug-likeness (QED) is 0.230. The SMILES string of the molecule is CCCOc1ccc(-c2cc(C(=O)NN=Cc3cc(OC)c(OC)c(OC)c3)c3ccccc3n2)cc1. The molecule has 1 N–H and O–H groups in total. The van der Waals surface area contributed by atoms with Crippen LogP contribution in [0.15, 0.2) is 71.8 Å². The summed E-state index contributed by atoms with van der Waals surface area (Å²) in [7, 11) is 4.62. The average Bonchev–Trinajstić information content (AvgIpc) is 2.95. The predicted octanol–water partition coefficient (Wildman–Crippen LogP) is 5.48. The van der Waals surface area contributed by atoms with Gasteiger partial charge in [-0.05, 0) is 55.0 Å². The number of methoxy groups -OCH3 is 3. The molecule has 37 heavy (non-hydrogen) atoms. The lowest BCUT2D eigenvalue weighted by Gasteiger charge is -2.12. The molecule has 0 saturated heterocycles. The van der Waals surface area contributed by atoms with Crippen LogP contribution in [0.3, 0.4) is 0 Å². The van der Waals surface area contributed by atoms with E-state index in [4.69, 9.17) is 23.9 Å². The molecule has 0 spiro atoms. The molecule has 0 aliphatic carbocycles. The summed E-state index contributed by atoms with van der Waals surface area (Å²) in [5, 5.41) is 4.89. The molecular weight excluding hydrogens is 470 g/mol. The number of pyridine rings is 1. The van der Waals surface area contributed by atoms with Gasteiger partial charge >= 0.3 is 0 Å². The minimum absolute atomic E-state index is 0.355. The molecule has 0 unspecified atom stereocenters. The van der Waals surface area contributed by atoms with E-state index in [1.165, 1.54) is 27.5 Å². The Morgan fingerprint density at radius 2 is 1.65 bits per heavy atom. The zero-order valence-corrected chi connectivity index (χ0v) is 21.3. The van der Waals surface area contributed by atoms with Crippen molar-refractivity contribution in [1.82, 2.24) is 10.4 Å². The Morgan fingerprint density at radius 1 is 0.946 bits per heavy atom. The summed E-state index contributed by atoms with van der Waals surface area (Å²) in [5.41, 5.74) is 6.03. The summed E-state index contributed by atoms with van der Waals surface area (Å²) < 4.78 is 21.8. The number of carbonyl (C=O) groups is 1. The Hall–Kier alpha value is -4.59. The Morgan fingerprint density at radius 3 is 2.30 bits per heavy atom. The number of amides is 1. The molecule has 8 heteroatoms. The first kappa shape index (κ1) is 25.5. The fourth-order valence-corrected chi connectivity index (χ4v) is 3.85. The van der Waals surface area contributed by atoms with Gasteiger partial charge in [0.2, 0.25) is 5.75 Å². The number of carbonyl (C=O) groups excluding carboxylic acids is 1. The lowest BCUT2D eigenvalue weighted by atomic mass is 10.0. The highest BCUT2D eigenvalue weighted by atomic mass is 16.5. The van der Waals surface area contributed by atoms with Crippen LogP contribution in [0.4, 0.5) is 0 Å². The van der Waals surface area contributed by atoms with Gasteiger partial charge in [-0.1, -0.05) is 25.1 Å². The molecule has 0 radical (unpaired) electrons. The number of nitrogens with zero attached hydrogens (tertiary/aromatic N) is 2. The second-order valence-corrected chi connectivity index (χ2v) is 8.10. The zero-order valence-electron chi connectivity index (χ0n) is 21.3. The van der Waals surface area contributed by atoms with Crippen molar-refractivity contribution >= 4 is 23.0 Å². The van der Waals surface area contributed by atoms with Gasteiger partial charge in [0, 0.05) is 16.5 Å². The summed E-state index contributed by atoms with van der Waals surface area (Å²) in [6, 6.07) is 20.5. The van der Waals surface area contributed by atoms with E-state index >= 15 is 0 Å². The number of hydrogen-bond acceptors (Lipinski definition) is 7. The van der Waals surface area contributed by atoms with E-state index in [1.807, 2.05) is 48.5 Å². The molecule has 4 rings (SSSR count). The van der Waals surface area contributed by atoms with Crippen molar-refractivity contribution in [2.75, 3.05) is 27.9 Å². The topological polar surface area (TPSA) is 91.3 Å². The fraction of sp³-hybridized carbons (Fsp3) is 0.207. The van der Waals surface area contributed by atoms with Crippen molar-refractivity contribution in [3.8, 4) is 34.3 Å². The van der Waals surface area contributed by atoms with Crippen LogP contribution in [-0.4, -0.2) is 45.0 Å². The van der Waals surface area contributed by atoms with E-state index < -0.39 is 0 Å². The van der Waals surface area contributed by atoms with Crippen LogP contribution in [0.2, 0.25) is 0 Å². The summed E-state index contributed by atoms with van der Waals surface area (Å²) in [5.74, 6) is 1.90. The van der Waals surface area contributed by atoms with E-state index in [9.17, 15) is 4.79 Å². The molecule has 4 aromatic rings. The van der Waals surface area contributed by atoms with E-state index in [0.717, 1.165) is 23.1 Å². The van der Waals surface area contributed by atoms with Gasteiger partial charge in [-0.3, -0.25) is 4.79 Å². The molecule has 0 saturated carbocycles.